The van der Waals surface area contributed by atoms with Gasteiger partial charge >= 0.3 is 0 Å². The van der Waals surface area contributed by atoms with Gasteiger partial charge in [-0.25, -0.2) is 5.43 Å². The molecule has 2 amide bonds. The quantitative estimate of drug-likeness (QED) is 0.169. The summed E-state index contributed by atoms with van der Waals surface area (Å²) in [6.45, 7) is 5.47. The number of benzene rings is 3. The van der Waals surface area contributed by atoms with Crippen molar-refractivity contribution in [1.29, 1.82) is 0 Å². The first-order valence-corrected chi connectivity index (χ1v) is 15.3. The Morgan fingerprint density at radius 3 is 2.49 bits per heavy atom. The van der Waals surface area contributed by atoms with Gasteiger partial charge in [-0.2, -0.15) is 5.10 Å². The number of amides is 2. The number of nitrogens with zero attached hydrogens (tertiary/aromatic N) is 3. The van der Waals surface area contributed by atoms with Gasteiger partial charge in [-0.1, -0.05) is 30.7 Å². The topological polar surface area (TPSA) is 97.3 Å². The van der Waals surface area contributed by atoms with Gasteiger partial charge in [0.1, 0.15) is 5.75 Å². The van der Waals surface area contributed by atoms with E-state index in [4.69, 9.17) is 0 Å². The fourth-order valence-corrected chi connectivity index (χ4v) is 6.13. The molecule has 2 aliphatic heterocycles. The van der Waals surface area contributed by atoms with Gasteiger partial charge in [0.25, 0.3) is 11.8 Å². The van der Waals surface area contributed by atoms with E-state index < -0.39 is 5.91 Å². The molecule has 0 atom stereocenters. The Hall–Kier alpha value is -3.28. The number of hydrazone groups is 1. The summed E-state index contributed by atoms with van der Waals surface area (Å²) in [5.74, 6) is -0.601. The number of rotatable bonds is 8. The van der Waals surface area contributed by atoms with E-state index in [0.717, 1.165) is 28.8 Å². The van der Waals surface area contributed by atoms with Crippen molar-refractivity contribution >= 4 is 46.3 Å². The molecule has 2 heterocycles. The smallest absolute Gasteiger partial charge is 0.273 e. The number of carbonyl (C=O) groups excluding carboxylic acids is 2. The zero-order chi connectivity index (χ0) is 28.6. The summed E-state index contributed by atoms with van der Waals surface area (Å²) in [6, 6.07) is 20.3. The van der Waals surface area contributed by atoms with E-state index in [1.165, 1.54) is 51.4 Å². The number of likely N-dealkylation sites (tertiary alicyclic amines) is 2. The number of carbonyl (C=O) groups is 2. The van der Waals surface area contributed by atoms with Gasteiger partial charge in [0, 0.05) is 21.7 Å². The summed E-state index contributed by atoms with van der Waals surface area (Å²) >= 11 is 2.13. The van der Waals surface area contributed by atoms with Gasteiger partial charge in [0.05, 0.1) is 17.5 Å². The molecular formula is C32H36IN5O3. The molecule has 8 nitrogen and oxygen atoms in total. The minimum Gasteiger partial charge on any atom is -0.508 e. The Morgan fingerprint density at radius 2 is 1.71 bits per heavy atom. The number of phenols is 1. The normalized spacial score (nSPS) is 17.0. The van der Waals surface area contributed by atoms with Crippen molar-refractivity contribution in [2.75, 3.05) is 31.5 Å². The maximum Gasteiger partial charge on any atom is 0.273 e. The van der Waals surface area contributed by atoms with Crippen LogP contribution in [-0.2, 0) is 6.54 Å². The molecule has 3 N–H and O–H groups in total. The number of phenolic OH excluding ortho intramolecular Hbond substituents is 1. The van der Waals surface area contributed by atoms with E-state index >= 15 is 0 Å². The summed E-state index contributed by atoms with van der Waals surface area (Å²) in [5, 5.41) is 16.5. The van der Waals surface area contributed by atoms with Crippen molar-refractivity contribution in [3.8, 4) is 5.75 Å². The second-order valence-corrected chi connectivity index (χ2v) is 12.0. The van der Waals surface area contributed by atoms with Crippen LogP contribution >= 0.6 is 22.6 Å². The van der Waals surface area contributed by atoms with Crippen LogP contribution in [0, 0.1) is 3.57 Å². The molecule has 2 aliphatic rings. The van der Waals surface area contributed by atoms with Crippen molar-refractivity contribution < 1.29 is 14.7 Å². The highest BCUT2D eigenvalue weighted by molar-refractivity contribution is 14.1. The van der Waals surface area contributed by atoms with Crippen LogP contribution in [-0.4, -0.2) is 65.2 Å². The summed E-state index contributed by atoms with van der Waals surface area (Å²) < 4.78 is 0.855. The number of halogens is 1. The molecule has 0 bridgehead atoms. The third kappa shape index (κ3) is 8.15. The minimum absolute atomic E-state index is 0.115. The van der Waals surface area contributed by atoms with Gasteiger partial charge < -0.3 is 15.3 Å². The molecule has 9 heteroatoms. The predicted molar refractivity (Wildman–Crippen MR) is 170 cm³/mol. The Morgan fingerprint density at radius 1 is 0.927 bits per heavy atom. The Bertz CT molecular complexity index is 1400. The van der Waals surface area contributed by atoms with Crippen LogP contribution < -0.4 is 10.7 Å². The molecule has 0 spiro atoms. The molecule has 5 rings (SSSR count). The van der Waals surface area contributed by atoms with Crippen LogP contribution in [0.1, 0.15) is 63.9 Å². The minimum atomic E-state index is -0.447. The molecule has 3 aromatic rings. The van der Waals surface area contributed by atoms with Gasteiger partial charge in [-0.05, 0) is 128 Å². The highest BCUT2D eigenvalue weighted by atomic mass is 127. The SMILES string of the molecule is O=C(Nc1ccc(I)cc1C(=O)N/N=C/c1cccc(O)c1)c1cccc(CN2CCC(N3CCCCC3)CC2)c1. The maximum atomic E-state index is 13.3. The van der Waals surface area contributed by atoms with Crippen LogP contribution in [0.15, 0.2) is 71.8 Å². The number of hydrogen-bond donors (Lipinski definition) is 3. The van der Waals surface area contributed by atoms with Crippen molar-refractivity contribution in [3.63, 3.8) is 0 Å². The summed E-state index contributed by atoms with van der Waals surface area (Å²) in [7, 11) is 0. The summed E-state index contributed by atoms with van der Waals surface area (Å²) in [6.07, 6.45) is 7.89. The molecule has 3 aromatic carbocycles. The standard InChI is InChI=1S/C32H36IN5O3/c33-26-10-11-30(29(20-26)32(41)36-34-21-23-6-5-9-28(39)19-23)35-31(40)25-8-4-7-24(18-25)22-37-16-12-27(13-17-37)38-14-2-1-3-15-38/h4-11,18-21,27,39H,1-3,12-17,22H2,(H,35,40)(H,36,41)/b34-21+. The van der Waals surface area contributed by atoms with Crippen molar-refractivity contribution in [2.45, 2.75) is 44.7 Å². The van der Waals surface area contributed by atoms with Crippen molar-refractivity contribution in [3.05, 3.63) is 92.6 Å². The Labute approximate surface area is 255 Å². The molecule has 41 heavy (non-hydrogen) atoms. The predicted octanol–water partition coefficient (Wildman–Crippen LogP) is 5.46. The largest absolute Gasteiger partial charge is 0.508 e. The lowest BCUT2D eigenvalue weighted by atomic mass is 9.99. The van der Waals surface area contributed by atoms with Crippen LogP contribution in [0.2, 0.25) is 0 Å². The Balaban J connectivity index is 1.19. The lowest BCUT2D eigenvalue weighted by molar-refractivity contribution is 0.0896. The fourth-order valence-electron chi connectivity index (χ4n) is 5.63. The Kier molecular flexibility index (Phi) is 10.0. The highest BCUT2D eigenvalue weighted by Crippen LogP contribution is 2.23. The maximum absolute atomic E-state index is 13.3. The first kappa shape index (κ1) is 29.2. The number of anilines is 1. The van der Waals surface area contributed by atoms with E-state index in [1.807, 2.05) is 18.2 Å². The fraction of sp³-hybridized carbons (Fsp3) is 0.344. The van der Waals surface area contributed by atoms with Crippen LogP contribution in [0.3, 0.4) is 0 Å². The van der Waals surface area contributed by atoms with Gasteiger partial charge in [0.15, 0.2) is 0 Å². The molecule has 0 unspecified atom stereocenters. The first-order chi connectivity index (χ1) is 19.9. The molecule has 2 saturated heterocycles. The van der Waals surface area contributed by atoms with Crippen LogP contribution in [0.25, 0.3) is 0 Å². The molecule has 0 radical (unpaired) electrons. The van der Waals surface area contributed by atoms with E-state index in [-0.39, 0.29) is 11.7 Å². The molecule has 0 saturated carbocycles. The molecule has 2 fully saturated rings. The number of aromatic hydroxyl groups is 1. The molecular weight excluding hydrogens is 629 g/mol. The number of nitrogens with one attached hydrogen (secondary N) is 2. The average molecular weight is 666 g/mol. The lowest BCUT2D eigenvalue weighted by Gasteiger charge is -2.40. The second kappa shape index (κ2) is 14.1. The van der Waals surface area contributed by atoms with Gasteiger partial charge in [-0.3, -0.25) is 14.5 Å². The summed E-state index contributed by atoms with van der Waals surface area (Å²) in [5.41, 5.74) is 5.54. The second-order valence-electron chi connectivity index (χ2n) is 10.7. The average Bonchev–Trinajstić information content (AvgIpc) is 2.99. The highest BCUT2D eigenvalue weighted by Gasteiger charge is 2.25. The summed E-state index contributed by atoms with van der Waals surface area (Å²) in [4.78, 5) is 31.4. The molecule has 214 valence electrons. The number of piperidine rings is 2. The number of hydrogen-bond acceptors (Lipinski definition) is 6. The third-order valence-corrected chi connectivity index (χ3v) is 8.45. The van der Waals surface area contributed by atoms with Crippen molar-refractivity contribution in [2.24, 2.45) is 5.10 Å². The zero-order valence-corrected chi connectivity index (χ0v) is 25.2. The monoisotopic (exact) mass is 665 g/mol. The zero-order valence-electron chi connectivity index (χ0n) is 23.1. The van der Waals surface area contributed by atoms with E-state index in [9.17, 15) is 14.7 Å². The first-order valence-electron chi connectivity index (χ1n) is 14.2. The van der Waals surface area contributed by atoms with Crippen LogP contribution in [0.4, 0.5) is 5.69 Å². The van der Waals surface area contributed by atoms with E-state index in [2.05, 4.69) is 54.3 Å². The van der Waals surface area contributed by atoms with E-state index in [0.29, 0.717) is 28.4 Å². The van der Waals surface area contributed by atoms with Gasteiger partial charge in [0.2, 0.25) is 0 Å². The molecule has 0 aliphatic carbocycles. The molecule has 0 aromatic heterocycles. The van der Waals surface area contributed by atoms with Crippen LogP contribution in [0.5, 0.6) is 5.75 Å². The van der Waals surface area contributed by atoms with Crippen molar-refractivity contribution in [1.82, 2.24) is 15.2 Å². The lowest BCUT2D eigenvalue weighted by Crippen LogP contribution is -2.46. The van der Waals surface area contributed by atoms with Gasteiger partial charge in [-0.15, -0.1) is 0 Å². The van der Waals surface area contributed by atoms with E-state index in [1.54, 1.807) is 42.5 Å². The third-order valence-electron chi connectivity index (χ3n) is 7.78.